The third kappa shape index (κ3) is 3.05. The van der Waals surface area contributed by atoms with E-state index in [0.717, 1.165) is 16.7 Å². The lowest BCUT2D eigenvalue weighted by Crippen LogP contribution is -2.07. The monoisotopic (exact) mass is 332 g/mol. The Morgan fingerprint density at radius 3 is 2.43 bits per heavy atom. The van der Waals surface area contributed by atoms with Crippen molar-refractivity contribution in [2.24, 2.45) is 0 Å². The highest BCUT2D eigenvalue weighted by Crippen LogP contribution is 2.34. The maximum Gasteiger partial charge on any atom is 0.417 e. The average molecular weight is 332 g/mol. The fraction of sp³-hybridized carbons (Fsp3) is 0.333. The lowest BCUT2D eigenvalue weighted by atomic mass is 10.2. The van der Waals surface area contributed by atoms with Crippen molar-refractivity contribution in [3.63, 3.8) is 0 Å². The van der Waals surface area contributed by atoms with Gasteiger partial charge in [0.25, 0.3) is 0 Å². The van der Waals surface area contributed by atoms with Crippen molar-refractivity contribution in [2.75, 3.05) is 5.75 Å². The second-order valence-electron chi connectivity index (χ2n) is 2.57. The van der Waals surface area contributed by atoms with Gasteiger partial charge >= 0.3 is 6.18 Å². The molecule has 0 aromatic heterocycles. The lowest BCUT2D eigenvalue weighted by molar-refractivity contribution is -0.138. The SMILES string of the molecule is CCSc1ccc(C(F)(F)F)c(I)c1. The molecule has 1 aromatic carbocycles. The summed E-state index contributed by atoms with van der Waals surface area (Å²) < 4.78 is 37.3. The molecule has 0 saturated heterocycles. The van der Waals surface area contributed by atoms with E-state index in [9.17, 15) is 13.2 Å². The third-order valence-electron chi connectivity index (χ3n) is 1.56. The highest BCUT2D eigenvalue weighted by molar-refractivity contribution is 14.1. The molecule has 0 heterocycles. The van der Waals surface area contributed by atoms with Crippen molar-refractivity contribution in [3.8, 4) is 0 Å². The van der Waals surface area contributed by atoms with Gasteiger partial charge in [0, 0.05) is 8.47 Å². The van der Waals surface area contributed by atoms with E-state index in [4.69, 9.17) is 0 Å². The Morgan fingerprint density at radius 2 is 2.00 bits per heavy atom. The normalized spacial score (nSPS) is 11.8. The first-order valence-corrected chi connectivity index (χ1v) is 6.01. The predicted molar refractivity (Wildman–Crippen MR) is 60.6 cm³/mol. The van der Waals surface area contributed by atoms with Crippen LogP contribution in [-0.4, -0.2) is 5.75 Å². The average Bonchev–Trinajstić information content (AvgIpc) is 2.02. The lowest BCUT2D eigenvalue weighted by Gasteiger charge is -2.09. The summed E-state index contributed by atoms with van der Waals surface area (Å²) in [5, 5.41) is 0. The minimum atomic E-state index is -4.24. The zero-order chi connectivity index (χ0) is 10.8. The van der Waals surface area contributed by atoms with Crippen LogP contribution in [0.25, 0.3) is 0 Å². The van der Waals surface area contributed by atoms with Crippen molar-refractivity contribution in [1.29, 1.82) is 0 Å². The molecule has 78 valence electrons. The van der Waals surface area contributed by atoms with Crippen molar-refractivity contribution < 1.29 is 13.2 Å². The van der Waals surface area contributed by atoms with Gasteiger partial charge in [0.15, 0.2) is 0 Å². The van der Waals surface area contributed by atoms with Crippen LogP contribution in [0.4, 0.5) is 13.2 Å². The summed E-state index contributed by atoms with van der Waals surface area (Å²) in [5.74, 6) is 0.863. The van der Waals surface area contributed by atoms with Crippen molar-refractivity contribution >= 4 is 34.4 Å². The van der Waals surface area contributed by atoms with Gasteiger partial charge < -0.3 is 0 Å². The molecule has 0 radical (unpaired) electrons. The summed E-state index contributed by atoms with van der Waals surface area (Å²) >= 11 is 3.25. The molecule has 0 unspecified atom stereocenters. The number of benzene rings is 1. The largest absolute Gasteiger partial charge is 0.417 e. The van der Waals surface area contributed by atoms with Crippen LogP contribution in [0.3, 0.4) is 0 Å². The zero-order valence-corrected chi connectivity index (χ0v) is 10.3. The fourth-order valence-electron chi connectivity index (χ4n) is 0.982. The van der Waals surface area contributed by atoms with Gasteiger partial charge in [-0.3, -0.25) is 0 Å². The van der Waals surface area contributed by atoms with E-state index in [1.54, 1.807) is 28.7 Å². The summed E-state index contributed by atoms with van der Waals surface area (Å²) in [7, 11) is 0. The second kappa shape index (κ2) is 4.74. The number of hydrogen-bond acceptors (Lipinski definition) is 1. The molecular formula is C9H8F3IS. The Kier molecular flexibility index (Phi) is 4.12. The number of halogens is 4. The first kappa shape index (κ1) is 12.2. The summed E-state index contributed by atoms with van der Waals surface area (Å²) in [5.41, 5.74) is -0.557. The minimum Gasteiger partial charge on any atom is -0.166 e. The highest BCUT2D eigenvalue weighted by atomic mass is 127. The van der Waals surface area contributed by atoms with Gasteiger partial charge in [0.05, 0.1) is 5.56 Å². The molecule has 1 aromatic rings. The Balaban J connectivity index is 3.02. The van der Waals surface area contributed by atoms with Crippen LogP contribution < -0.4 is 0 Å². The Morgan fingerprint density at radius 1 is 1.36 bits per heavy atom. The molecular weight excluding hydrogens is 324 g/mol. The van der Waals surface area contributed by atoms with E-state index < -0.39 is 11.7 Å². The second-order valence-corrected chi connectivity index (χ2v) is 5.07. The van der Waals surface area contributed by atoms with Crippen molar-refractivity contribution in [3.05, 3.63) is 27.3 Å². The molecule has 1 rings (SSSR count). The van der Waals surface area contributed by atoms with Crippen LogP contribution in [0.15, 0.2) is 23.1 Å². The van der Waals surface area contributed by atoms with Gasteiger partial charge in [-0.2, -0.15) is 13.2 Å². The Hall–Kier alpha value is 0.0900. The Labute approximate surface area is 98.4 Å². The van der Waals surface area contributed by atoms with Crippen LogP contribution in [0.5, 0.6) is 0 Å². The van der Waals surface area contributed by atoms with Crippen molar-refractivity contribution in [1.82, 2.24) is 0 Å². The molecule has 0 amide bonds. The predicted octanol–water partition coefficient (Wildman–Crippen LogP) is 4.42. The van der Waals surface area contributed by atoms with E-state index in [2.05, 4.69) is 0 Å². The molecule has 5 heteroatoms. The summed E-state index contributed by atoms with van der Waals surface area (Å²) in [6, 6.07) is 4.22. The topological polar surface area (TPSA) is 0 Å². The van der Waals surface area contributed by atoms with Crippen LogP contribution >= 0.6 is 34.4 Å². The highest BCUT2D eigenvalue weighted by Gasteiger charge is 2.32. The van der Waals surface area contributed by atoms with Gasteiger partial charge in [0.1, 0.15) is 0 Å². The minimum absolute atomic E-state index is 0.258. The molecule has 0 aliphatic heterocycles. The third-order valence-corrected chi connectivity index (χ3v) is 3.33. The van der Waals surface area contributed by atoms with Gasteiger partial charge in [-0.25, -0.2) is 0 Å². The van der Waals surface area contributed by atoms with E-state index in [1.165, 1.54) is 17.8 Å². The van der Waals surface area contributed by atoms with E-state index in [1.807, 2.05) is 6.92 Å². The van der Waals surface area contributed by atoms with Gasteiger partial charge in [-0.15, -0.1) is 11.8 Å². The maximum absolute atomic E-state index is 12.4. The number of alkyl halides is 3. The first-order valence-electron chi connectivity index (χ1n) is 3.94. The molecule has 0 spiro atoms. The van der Waals surface area contributed by atoms with Crippen LogP contribution in [-0.2, 0) is 6.18 Å². The first-order chi connectivity index (χ1) is 6.45. The molecule has 0 fully saturated rings. The maximum atomic E-state index is 12.4. The number of hydrogen-bond donors (Lipinski definition) is 0. The van der Waals surface area contributed by atoms with E-state index in [0.29, 0.717) is 0 Å². The smallest absolute Gasteiger partial charge is 0.166 e. The zero-order valence-electron chi connectivity index (χ0n) is 7.36. The summed E-state index contributed by atoms with van der Waals surface area (Å²) in [6.07, 6.45) is -4.24. The molecule has 0 bridgehead atoms. The van der Waals surface area contributed by atoms with Crippen molar-refractivity contribution in [2.45, 2.75) is 18.0 Å². The summed E-state index contributed by atoms with van der Waals surface area (Å²) in [4.78, 5) is 0.880. The van der Waals surface area contributed by atoms with Gasteiger partial charge in [-0.05, 0) is 46.5 Å². The van der Waals surface area contributed by atoms with Crippen LogP contribution in [0, 0.1) is 3.57 Å². The van der Waals surface area contributed by atoms with Gasteiger partial charge in [0.2, 0.25) is 0 Å². The molecule has 0 aliphatic rings. The number of thioether (sulfide) groups is 1. The van der Waals surface area contributed by atoms with Crippen LogP contribution in [0.2, 0.25) is 0 Å². The van der Waals surface area contributed by atoms with E-state index in [-0.39, 0.29) is 3.57 Å². The quantitative estimate of drug-likeness (QED) is 0.571. The molecule has 0 nitrogen and oxygen atoms in total. The molecule has 0 saturated carbocycles. The van der Waals surface area contributed by atoms with Crippen LogP contribution in [0.1, 0.15) is 12.5 Å². The molecule has 0 aliphatic carbocycles. The Bertz CT molecular complexity index is 322. The molecule has 14 heavy (non-hydrogen) atoms. The standard InChI is InChI=1S/C9H8F3IS/c1-2-14-6-3-4-7(8(13)5-6)9(10,11)12/h3-5H,2H2,1H3. The van der Waals surface area contributed by atoms with Gasteiger partial charge in [-0.1, -0.05) is 6.92 Å². The fourth-order valence-corrected chi connectivity index (χ4v) is 2.71. The van der Waals surface area contributed by atoms with E-state index >= 15 is 0 Å². The number of rotatable bonds is 2. The summed E-state index contributed by atoms with van der Waals surface area (Å²) in [6.45, 7) is 1.97. The molecule has 0 atom stereocenters. The molecule has 0 N–H and O–H groups in total.